The standard InChI is InChI=1S/C18H23N5O3/c1-12-10-17(20-13(2)16-11-22(3)8-9-26-16)21-18(19-12)14-4-6-15(7-5-14)23(24)25/h4-7,10,13,16H,8-9,11H2,1-3H3,(H,19,20,21). The molecule has 0 radical (unpaired) electrons. The van der Waals surface area contributed by atoms with Gasteiger partial charge in [0.25, 0.3) is 5.69 Å². The molecule has 1 aromatic heterocycles. The molecule has 8 heteroatoms. The number of nitrogens with one attached hydrogen (secondary N) is 1. The molecule has 3 rings (SSSR count). The van der Waals surface area contributed by atoms with Crippen LogP contribution in [0.4, 0.5) is 11.5 Å². The summed E-state index contributed by atoms with van der Waals surface area (Å²) in [5.41, 5.74) is 1.61. The zero-order valence-electron chi connectivity index (χ0n) is 15.2. The molecule has 0 bridgehead atoms. The third-order valence-corrected chi connectivity index (χ3v) is 4.42. The molecule has 2 unspecified atom stereocenters. The molecule has 8 nitrogen and oxygen atoms in total. The average Bonchev–Trinajstić information content (AvgIpc) is 2.61. The van der Waals surface area contributed by atoms with Crippen LogP contribution in [0, 0.1) is 17.0 Å². The van der Waals surface area contributed by atoms with E-state index in [9.17, 15) is 10.1 Å². The second-order valence-electron chi connectivity index (χ2n) is 6.63. The molecule has 1 N–H and O–H groups in total. The number of hydrogen-bond donors (Lipinski definition) is 1. The van der Waals surface area contributed by atoms with Crippen LogP contribution < -0.4 is 5.32 Å². The van der Waals surface area contributed by atoms with E-state index in [0.29, 0.717) is 5.82 Å². The Morgan fingerprint density at radius 3 is 2.73 bits per heavy atom. The maximum absolute atomic E-state index is 10.8. The first-order valence-corrected chi connectivity index (χ1v) is 8.59. The summed E-state index contributed by atoms with van der Waals surface area (Å²) < 4.78 is 5.85. The van der Waals surface area contributed by atoms with Crippen molar-refractivity contribution >= 4 is 11.5 Å². The molecule has 1 fully saturated rings. The zero-order valence-corrected chi connectivity index (χ0v) is 15.2. The molecule has 1 aliphatic rings. The van der Waals surface area contributed by atoms with Crippen molar-refractivity contribution in [1.29, 1.82) is 0 Å². The van der Waals surface area contributed by atoms with Crippen molar-refractivity contribution in [3.63, 3.8) is 0 Å². The lowest BCUT2D eigenvalue weighted by Gasteiger charge is -2.34. The lowest BCUT2D eigenvalue weighted by molar-refractivity contribution is -0.384. The van der Waals surface area contributed by atoms with Gasteiger partial charge in [0.15, 0.2) is 5.82 Å². The van der Waals surface area contributed by atoms with Crippen LogP contribution >= 0.6 is 0 Å². The summed E-state index contributed by atoms with van der Waals surface area (Å²) in [6, 6.07) is 8.23. The number of nitro benzene ring substituents is 1. The first kappa shape index (κ1) is 18.2. The van der Waals surface area contributed by atoms with Gasteiger partial charge in [-0.05, 0) is 33.0 Å². The van der Waals surface area contributed by atoms with Gasteiger partial charge in [0.1, 0.15) is 5.82 Å². The van der Waals surface area contributed by atoms with E-state index in [4.69, 9.17) is 4.74 Å². The molecule has 1 aliphatic heterocycles. The molecule has 2 aromatic rings. The number of nitrogens with zero attached hydrogens (tertiary/aromatic N) is 4. The lowest BCUT2D eigenvalue weighted by atomic mass is 10.1. The van der Waals surface area contributed by atoms with Gasteiger partial charge in [0.05, 0.1) is 23.7 Å². The van der Waals surface area contributed by atoms with Crippen molar-refractivity contribution in [2.45, 2.75) is 26.0 Å². The third-order valence-electron chi connectivity index (χ3n) is 4.42. The number of aryl methyl sites for hydroxylation is 1. The van der Waals surface area contributed by atoms with E-state index in [1.807, 2.05) is 13.0 Å². The molecule has 2 atom stereocenters. The predicted octanol–water partition coefficient (Wildman–Crippen LogP) is 2.49. The monoisotopic (exact) mass is 357 g/mol. The number of anilines is 1. The quantitative estimate of drug-likeness (QED) is 0.649. The largest absolute Gasteiger partial charge is 0.373 e. The summed E-state index contributed by atoms with van der Waals surface area (Å²) in [4.78, 5) is 21.7. The Morgan fingerprint density at radius 2 is 2.08 bits per heavy atom. The first-order chi connectivity index (χ1) is 12.4. The highest BCUT2D eigenvalue weighted by atomic mass is 16.6. The molecule has 0 amide bonds. The number of benzene rings is 1. The summed E-state index contributed by atoms with van der Waals surface area (Å²) in [5.74, 6) is 1.26. The van der Waals surface area contributed by atoms with Gasteiger partial charge in [-0.25, -0.2) is 9.97 Å². The zero-order chi connectivity index (χ0) is 18.7. The van der Waals surface area contributed by atoms with Crippen LogP contribution in [0.1, 0.15) is 12.6 Å². The Morgan fingerprint density at radius 1 is 1.35 bits per heavy atom. The smallest absolute Gasteiger partial charge is 0.269 e. The molecule has 0 spiro atoms. The molecule has 138 valence electrons. The van der Waals surface area contributed by atoms with Gasteiger partial charge >= 0.3 is 0 Å². The van der Waals surface area contributed by atoms with Crippen LogP contribution in [-0.2, 0) is 4.74 Å². The maximum Gasteiger partial charge on any atom is 0.269 e. The van der Waals surface area contributed by atoms with Crippen molar-refractivity contribution in [2.75, 3.05) is 32.1 Å². The number of nitro groups is 1. The number of non-ortho nitro benzene ring substituents is 1. The minimum Gasteiger partial charge on any atom is -0.373 e. The fraction of sp³-hybridized carbons (Fsp3) is 0.444. The van der Waals surface area contributed by atoms with E-state index >= 15 is 0 Å². The number of ether oxygens (including phenoxy) is 1. The highest BCUT2D eigenvalue weighted by Gasteiger charge is 2.24. The third kappa shape index (κ3) is 4.33. The van der Waals surface area contributed by atoms with E-state index in [-0.39, 0.29) is 17.8 Å². The van der Waals surface area contributed by atoms with Crippen molar-refractivity contribution in [1.82, 2.24) is 14.9 Å². The minimum atomic E-state index is -0.420. The Hall–Kier alpha value is -2.58. The molecule has 0 saturated carbocycles. The highest BCUT2D eigenvalue weighted by Crippen LogP contribution is 2.22. The van der Waals surface area contributed by atoms with Crippen LogP contribution in [-0.4, -0.2) is 58.7 Å². The highest BCUT2D eigenvalue weighted by molar-refractivity contribution is 5.59. The number of morpholine rings is 1. The molecule has 1 aromatic carbocycles. The normalized spacial score (nSPS) is 19.1. The number of likely N-dealkylation sites (N-methyl/N-ethyl adjacent to an activating group) is 1. The van der Waals surface area contributed by atoms with Crippen molar-refractivity contribution < 1.29 is 9.66 Å². The van der Waals surface area contributed by atoms with E-state index in [2.05, 4.69) is 34.2 Å². The van der Waals surface area contributed by atoms with Gasteiger partial charge in [0, 0.05) is 42.5 Å². The Labute approximate surface area is 152 Å². The maximum atomic E-state index is 10.8. The van der Waals surface area contributed by atoms with Crippen LogP contribution in [0.3, 0.4) is 0 Å². The van der Waals surface area contributed by atoms with Gasteiger partial charge in [-0.3, -0.25) is 10.1 Å². The fourth-order valence-electron chi connectivity index (χ4n) is 2.94. The molecule has 26 heavy (non-hydrogen) atoms. The van der Waals surface area contributed by atoms with Gasteiger partial charge in [-0.1, -0.05) is 0 Å². The van der Waals surface area contributed by atoms with Gasteiger partial charge in [-0.2, -0.15) is 0 Å². The molecular formula is C18H23N5O3. The summed E-state index contributed by atoms with van der Waals surface area (Å²) >= 11 is 0. The van der Waals surface area contributed by atoms with Crippen molar-refractivity contribution in [2.24, 2.45) is 0 Å². The number of rotatable bonds is 5. The molecular weight excluding hydrogens is 334 g/mol. The first-order valence-electron chi connectivity index (χ1n) is 8.59. The van der Waals surface area contributed by atoms with Gasteiger partial charge < -0.3 is 15.0 Å². The van der Waals surface area contributed by atoms with Crippen molar-refractivity contribution in [3.05, 3.63) is 46.1 Å². The van der Waals surface area contributed by atoms with Crippen LogP contribution in [0.25, 0.3) is 11.4 Å². The Balaban J connectivity index is 1.77. The summed E-state index contributed by atoms with van der Waals surface area (Å²) in [6.07, 6.45) is 0.0897. The van der Waals surface area contributed by atoms with E-state index in [1.54, 1.807) is 12.1 Å². The molecule has 2 heterocycles. The molecule has 1 saturated heterocycles. The van der Waals surface area contributed by atoms with Crippen LogP contribution in [0.15, 0.2) is 30.3 Å². The fourth-order valence-corrected chi connectivity index (χ4v) is 2.94. The average molecular weight is 357 g/mol. The summed E-state index contributed by atoms with van der Waals surface area (Å²) in [7, 11) is 2.09. The summed E-state index contributed by atoms with van der Waals surface area (Å²) in [5, 5.41) is 14.2. The number of aromatic nitrogens is 2. The van der Waals surface area contributed by atoms with Crippen LogP contribution in [0.2, 0.25) is 0 Å². The topological polar surface area (TPSA) is 93.4 Å². The predicted molar refractivity (Wildman–Crippen MR) is 99.2 cm³/mol. The summed E-state index contributed by atoms with van der Waals surface area (Å²) in [6.45, 7) is 6.52. The second-order valence-corrected chi connectivity index (χ2v) is 6.63. The van der Waals surface area contributed by atoms with Crippen LogP contribution in [0.5, 0.6) is 0 Å². The second kappa shape index (κ2) is 7.76. The van der Waals surface area contributed by atoms with E-state index in [0.717, 1.165) is 36.8 Å². The van der Waals surface area contributed by atoms with Gasteiger partial charge in [0.2, 0.25) is 0 Å². The van der Waals surface area contributed by atoms with E-state index in [1.165, 1.54) is 12.1 Å². The minimum absolute atomic E-state index is 0.0481. The Kier molecular flexibility index (Phi) is 5.43. The lowest BCUT2D eigenvalue weighted by Crippen LogP contribution is -2.47. The number of hydrogen-bond acceptors (Lipinski definition) is 7. The Bertz CT molecular complexity index is 781. The molecule has 0 aliphatic carbocycles. The van der Waals surface area contributed by atoms with E-state index < -0.39 is 4.92 Å². The van der Waals surface area contributed by atoms with Gasteiger partial charge in [-0.15, -0.1) is 0 Å². The van der Waals surface area contributed by atoms with Crippen molar-refractivity contribution in [3.8, 4) is 11.4 Å². The SMILES string of the molecule is Cc1cc(NC(C)C2CN(C)CCO2)nc(-c2ccc([N+](=O)[O-])cc2)n1.